The molecule has 3 aromatic rings. The van der Waals surface area contributed by atoms with Crippen LogP contribution in [0.3, 0.4) is 0 Å². The van der Waals surface area contributed by atoms with Crippen LogP contribution in [-0.2, 0) is 11.2 Å². The molecule has 0 spiro atoms. The fourth-order valence-corrected chi connectivity index (χ4v) is 3.66. The highest BCUT2D eigenvalue weighted by Gasteiger charge is 2.34. The molecular weight excluding hydrogens is 362 g/mol. The first-order chi connectivity index (χ1) is 13.1. The van der Waals surface area contributed by atoms with Crippen LogP contribution >= 0.6 is 11.6 Å². The number of nitrogens with zero attached hydrogens (tertiary/aromatic N) is 3. The number of carbonyl (C=O) groups excluding carboxylic acids is 1. The molecule has 1 unspecified atom stereocenters. The molecule has 1 aliphatic rings. The zero-order chi connectivity index (χ0) is 18.8. The van der Waals surface area contributed by atoms with E-state index in [0.717, 1.165) is 12.0 Å². The number of aryl methyl sites for hydroxylation is 1. The number of rotatable bonds is 5. The molecule has 2 heterocycles. The Morgan fingerprint density at radius 2 is 2.07 bits per heavy atom. The van der Waals surface area contributed by atoms with Gasteiger partial charge in [-0.1, -0.05) is 58.7 Å². The highest BCUT2D eigenvalue weighted by Crippen LogP contribution is 2.30. The number of halogens is 1. The number of carbonyl (C=O) groups is 1. The van der Waals surface area contributed by atoms with Gasteiger partial charge in [0.2, 0.25) is 17.6 Å². The largest absolute Gasteiger partial charge is 0.342 e. The van der Waals surface area contributed by atoms with Gasteiger partial charge in [-0.2, -0.15) is 4.98 Å². The van der Waals surface area contributed by atoms with Crippen LogP contribution in [0.1, 0.15) is 29.4 Å². The van der Waals surface area contributed by atoms with Gasteiger partial charge in [-0.05, 0) is 31.0 Å². The number of benzene rings is 2. The molecule has 2 aromatic carbocycles. The minimum absolute atomic E-state index is 0.0706. The number of amides is 1. The Bertz CT molecular complexity index is 969. The summed E-state index contributed by atoms with van der Waals surface area (Å²) < 4.78 is 5.43. The van der Waals surface area contributed by atoms with Gasteiger partial charge in [0.05, 0.1) is 10.9 Å². The number of hydrogen-bond acceptors (Lipinski definition) is 4. The third-order valence-corrected chi connectivity index (χ3v) is 5.20. The highest BCUT2D eigenvalue weighted by molar-refractivity contribution is 6.33. The van der Waals surface area contributed by atoms with Crippen LogP contribution in [0.15, 0.2) is 53.1 Å². The molecule has 1 aliphatic heterocycles. The van der Waals surface area contributed by atoms with Crippen LogP contribution in [0.5, 0.6) is 0 Å². The van der Waals surface area contributed by atoms with E-state index < -0.39 is 0 Å². The van der Waals surface area contributed by atoms with Gasteiger partial charge in [-0.3, -0.25) is 4.79 Å². The average molecular weight is 382 g/mol. The minimum Gasteiger partial charge on any atom is -0.342 e. The Balaban J connectivity index is 1.43. The summed E-state index contributed by atoms with van der Waals surface area (Å²) in [7, 11) is 0. The Labute approximate surface area is 163 Å². The van der Waals surface area contributed by atoms with E-state index in [4.69, 9.17) is 16.1 Å². The van der Waals surface area contributed by atoms with Crippen LogP contribution in [0.4, 0.5) is 0 Å². The predicted octanol–water partition coefficient (Wildman–Crippen LogP) is 4.26. The minimum atomic E-state index is -0.0706. The Hall–Kier alpha value is -2.66. The van der Waals surface area contributed by atoms with Crippen molar-refractivity contribution >= 4 is 17.5 Å². The van der Waals surface area contributed by atoms with Gasteiger partial charge in [0.1, 0.15) is 0 Å². The zero-order valence-corrected chi connectivity index (χ0v) is 15.8. The average Bonchev–Trinajstić information content (AvgIpc) is 3.27. The molecule has 1 amide bonds. The van der Waals surface area contributed by atoms with E-state index >= 15 is 0 Å². The Morgan fingerprint density at radius 3 is 2.89 bits per heavy atom. The Kier molecular flexibility index (Phi) is 4.94. The lowest BCUT2D eigenvalue weighted by Gasteiger charge is -2.16. The highest BCUT2D eigenvalue weighted by atomic mass is 35.5. The van der Waals surface area contributed by atoms with Crippen LogP contribution in [0.2, 0.25) is 5.02 Å². The second kappa shape index (κ2) is 7.53. The van der Waals surface area contributed by atoms with Gasteiger partial charge in [-0.15, -0.1) is 0 Å². The third kappa shape index (κ3) is 3.88. The Morgan fingerprint density at radius 1 is 1.22 bits per heavy atom. The van der Waals surface area contributed by atoms with Crippen molar-refractivity contribution in [3.8, 4) is 11.4 Å². The fourth-order valence-electron chi connectivity index (χ4n) is 3.44. The van der Waals surface area contributed by atoms with Crippen molar-refractivity contribution in [1.82, 2.24) is 15.0 Å². The fraction of sp³-hybridized carbons (Fsp3) is 0.286. The maximum absolute atomic E-state index is 12.4. The first-order valence-electron chi connectivity index (χ1n) is 9.02. The van der Waals surface area contributed by atoms with Crippen LogP contribution in [0, 0.1) is 6.92 Å². The molecule has 4 rings (SSSR count). The summed E-state index contributed by atoms with van der Waals surface area (Å²) in [5.74, 6) is 1.02. The smallest absolute Gasteiger partial charge is 0.232 e. The first kappa shape index (κ1) is 17.7. The van der Waals surface area contributed by atoms with E-state index in [2.05, 4.69) is 35.3 Å². The molecule has 0 N–H and O–H groups in total. The monoisotopic (exact) mass is 381 g/mol. The van der Waals surface area contributed by atoms with Gasteiger partial charge in [0.15, 0.2) is 0 Å². The lowest BCUT2D eigenvalue weighted by Crippen LogP contribution is -2.27. The summed E-state index contributed by atoms with van der Waals surface area (Å²) in [6, 6.07) is 15.8. The van der Waals surface area contributed by atoms with Gasteiger partial charge in [0.25, 0.3) is 0 Å². The summed E-state index contributed by atoms with van der Waals surface area (Å²) in [5, 5.41) is 4.62. The maximum Gasteiger partial charge on any atom is 0.232 e. The molecule has 27 heavy (non-hydrogen) atoms. The molecule has 1 aromatic heterocycles. The summed E-state index contributed by atoms with van der Waals surface area (Å²) in [4.78, 5) is 18.8. The lowest BCUT2D eigenvalue weighted by atomic mass is 10.1. The van der Waals surface area contributed by atoms with Crippen molar-refractivity contribution in [2.45, 2.75) is 25.7 Å². The number of likely N-dealkylation sites (tertiary alicyclic amines) is 1. The van der Waals surface area contributed by atoms with E-state index in [9.17, 15) is 4.79 Å². The van der Waals surface area contributed by atoms with E-state index in [1.807, 2.05) is 29.2 Å². The van der Waals surface area contributed by atoms with Crippen molar-refractivity contribution < 1.29 is 9.32 Å². The number of hydrogen-bond donors (Lipinski definition) is 0. The quantitative estimate of drug-likeness (QED) is 0.662. The maximum atomic E-state index is 12.4. The van der Waals surface area contributed by atoms with Crippen LogP contribution in [-0.4, -0.2) is 34.0 Å². The SMILES string of the molecule is Cc1cccc(CCN2CC(c3nc(-c4ccccc4Cl)no3)CC2=O)c1. The number of aromatic nitrogens is 2. The van der Waals surface area contributed by atoms with Gasteiger partial charge < -0.3 is 9.42 Å². The molecule has 138 valence electrons. The second-order valence-electron chi connectivity index (χ2n) is 6.92. The van der Waals surface area contributed by atoms with Crippen molar-refractivity contribution in [2.24, 2.45) is 0 Å². The third-order valence-electron chi connectivity index (χ3n) is 4.87. The summed E-state index contributed by atoms with van der Waals surface area (Å²) in [5.41, 5.74) is 3.20. The first-order valence-corrected chi connectivity index (χ1v) is 9.40. The topological polar surface area (TPSA) is 59.2 Å². The van der Waals surface area contributed by atoms with Gasteiger partial charge in [-0.25, -0.2) is 0 Å². The van der Waals surface area contributed by atoms with Crippen LogP contribution < -0.4 is 0 Å². The molecule has 6 heteroatoms. The van der Waals surface area contributed by atoms with E-state index in [-0.39, 0.29) is 11.8 Å². The zero-order valence-electron chi connectivity index (χ0n) is 15.1. The lowest BCUT2D eigenvalue weighted by molar-refractivity contribution is -0.127. The molecule has 1 atom stereocenters. The van der Waals surface area contributed by atoms with E-state index in [0.29, 0.717) is 36.2 Å². The molecular formula is C21H20ClN3O2. The normalized spacial score (nSPS) is 16.9. The summed E-state index contributed by atoms with van der Waals surface area (Å²) in [6.45, 7) is 3.38. The standard InChI is InChI=1S/C21H20ClN3O2/c1-14-5-4-6-15(11-14)9-10-25-13-16(12-19(25)26)21-23-20(24-27-21)17-7-2-3-8-18(17)22/h2-8,11,16H,9-10,12-13H2,1H3. The van der Waals surface area contributed by atoms with Crippen LogP contribution in [0.25, 0.3) is 11.4 Å². The molecule has 0 aliphatic carbocycles. The van der Waals surface area contributed by atoms with Gasteiger partial charge in [0, 0.05) is 25.1 Å². The molecule has 0 radical (unpaired) electrons. The molecule has 5 nitrogen and oxygen atoms in total. The van der Waals surface area contributed by atoms with Gasteiger partial charge >= 0.3 is 0 Å². The molecule has 0 saturated carbocycles. The van der Waals surface area contributed by atoms with Crippen molar-refractivity contribution in [1.29, 1.82) is 0 Å². The predicted molar refractivity (Wildman–Crippen MR) is 104 cm³/mol. The van der Waals surface area contributed by atoms with E-state index in [1.165, 1.54) is 11.1 Å². The summed E-state index contributed by atoms with van der Waals surface area (Å²) in [6.07, 6.45) is 1.24. The molecule has 1 fully saturated rings. The van der Waals surface area contributed by atoms with Crippen molar-refractivity contribution in [3.05, 3.63) is 70.6 Å². The van der Waals surface area contributed by atoms with Crippen molar-refractivity contribution in [3.63, 3.8) is 0 Å². The molecule has 0 bridgehead atoms. The summed E-state index contributed by atoms with van der Waals surface area (Å²) >= 11 is 6.20. The molecule has 1 saturated heterocycles. The van der Waals surface area contributed by atoms with Crippen molar-refractivity contribution in [2.75, 3.05) is 13.1 Å². The van der Waals surface area contributed by atoms with E-state index in [1.54, 1.807) is 6.07 Å². The second-order valence-corrected chi connectivity index (χ2v) is 7.32.